The second kappa shape index (κ2) is 7.21. The Balaban J connectivity index is 2.60. The molecule has 4 nitrogen and oxygen atoms in total. The fraction of sp³-hybridized carbons (Fsp3) is 0.500. The van der Waals surface area contributed by atoms with Gasteiger partial charge in [0.2, 0.25) is 5.91 Å². The monoisotopic (exact) mass is 267 g/mol. The van der Waals surface area contributed by atoms with Gasteiger partial charge in [0.05, 0.1) is 0 Å². The largest absolute Gasteiger partial charge is 0.349 e. The highest BCUT2D eigenvalue weighted by atomic mass is 19.1. The van der Waals surface area contributed by atoms with Gasteiger partial charge in [-0.2, -0.15) is 0 Å². The van der Waals surface area contributed by atoms with Gasteiger partial charge >= 0.3 is 0 Å². The Hall–Kier alpha value is -1.46. The summed E-state index contributed by atoms with van der Waals surface area (Å²) < 4.78 is 12.8. The number of carbonyl (C=O) groups is 1. The highest BCUT2D eigenvalue weighted by molar-refractivity contribution is 5.76. The Bertz CT molecular complexity index is 406. The second-order valence-electron chi connectivity index (χ2n) is 4.92. The van der Waals surface area contributed by atoms with Crippen molar-refractivity contribution >= 4 is 5.91 Å². The number of likely N-dealkylation sites (N-methyl/N-ethyl adjacent to an activating group) is 1. The lowest BCUT2D eigenvalue weighted by Crippen LogP contribution is -2.41. The third-order valence-electron chi connectivity index (χ3n) is 3.15. The molecule has 2 N–H and O–H groups in total. The van der Waals surface area contributed by atoms with Crippen LogP contribution in [0.15, 0.2) is 24.3 Å². The van der Waals surface area contributed by atoms with E-state index in [1.807, 2.05) is 11.9 Å². The van der Waals surface area contributed by atoms with Crippen molar-refractivity contribution < 1.29 is 9.18 Å². The molecule has 0 spiro atoms. The minimum atomic E-state index is -0.246. The zero-order valence-electron chi connectivity index (χ0n) is 11.8. The minimum Gasteiger partial charge on any atom is -0.349 e. The molecule has 0 bridgehead atoms. The second-order valence-corrected chi connectivity index (χ2v) is 4.92. The van der Waals surface area contributed by atoms with E-state index in [-0.39, 0.29) is 17.8 Å². The van der Waals surface area contributed by atoms with Crippen LogP contribution < -0.4 is 5.73 Å². The molecule has 5 heteroatoms. The smallest absolute Gasteiger partial charge is 0.223 e. The maximum Gasteiger partial charge on any atom is 0.223 e. The Morgan fingerprint density at radius 1 is 1.26 bits per heavy atom. The van der Waals surface area contributed by atoms with Crippen molar-refractivity contribution in [2.45, 2.75) is 19.0 Å². The average Bonchev–Trinajstić information content (AvgIpc) is 2.38. The first-order valence-corrected chi connectivity index (χ1v) is 6.29. The van der Waals surface area contributed by atoms with Crippen LogP contribution in [0.2, 0.25) is 0 Å². The van der Waals surface area contributed by atoms with E-state index in [9.17, 15) is 9.18 Å². The number of hydrogen-bond acceptors (Lipinski definition) is 3. The number of carbonyl (C=O) groups excluding carboxylic acids is 1. The van der Waals surface area contributed by atoms with E-state index in [0.29, 0.717) is 19.5 Å². The van der Waals surface area contributed by atoms with E-state index in [1.54, 1.807) is 31.1 Å². The molecule has 106 valence electrons. The molecule has 0 aliphatic rings. The zero-order chi connectivity index (χ0) is 14.4. The third-order valence-corrected chi connectivity index (χ3v) is 3.15. The summed E-state index contributed by atoms with van der Waals surface area (Å²) in [5, 5.41) is 0. The predicted octanol–water partition coefficient (Wildman–Crippen LogP) is 1.06. The summed E-state index contributed by atoms with van der Waals surface area (Å²) in [6, 6.07) is 6.34. The van der Waals surface area contributed by atoms with Gasteiger partial charge in [0.1, 0.15) is 5.82 Å². The lowest BCUT2D eigenvalue weighted by Gasteiger charge is -2.27. The van der Waals surface area contributed by atoms with E-state index < -0.39 is 0 Å². The summed E-state index contributed by atoms with van der Waals surface area (Å²) in [5.41, 5.74) is 6.73. The molecule has 0 radical (unpaired) electrons. The summed E-state index contributed by atoms with van der Waals surface area (Å²) in [6.07, 6.45) is 0.390. The number of halogens is 1. The quantitative estimate of drug-likeness (QED) is 0.838. The van der Waals surface area contributed by atoms with Crippen molar-refractivity contribution in [2.75, 3.05) is 27.7 Å². The van der Waals surface area contributed by atoms with Crippen LogP contribution in [0.1, 0.15) is 12.0 Å². The molecule has 0 heterocycles. The Labute approximate surface area is 114 Å². The fourth-order valence-corrected chi connectivity index (χ4v) is 1.81. The summed E-state index contributed by atoms with van der Waals surface area (Å²) in [4.78, 5) is 15.3. The molecule has 0 fully saturated rings. The van der Waals surface area contributed by atoms with Gasteiger partial charge in [-0.1, -0.05) is 12.1 Å². The van der Waals surface area contributed by atoms with E-state index in [1.165, 1.54) is 12.1 Å². The summed E-state index contributed by atoms with van der Waals surface area (Å²) in [7, 11) is 5.38. The number of hydrogen-bond donors (Lipinski definition) is 1. The molecule has 1 atom stereocenters. The van der Waals surface area contributed by atoms with Crippen molar-refractivity contribution in [3.8, 4) is 0 Å². The van der Waals surface area contributed by atoms with Crippen molar-refractivity contribution in [2.24, 2.45) is 5.73 Å². The minimum absolute atomic E-state index is 0.0139. The molecule has 0 aliphatic carbocycles. The van der Waals surface area contributed by atoms with Crippen molar-refractivity contribution in [1.82, 2.24) is 9.80 Å². The lowest BCUT2D eigenvalue weighted by atomic mass is 10.1. The first kappa shape index (κ1) is 15.6. The van der Waals surface area contributed by atoms with Crippen molar-refractivity contribution in [3.05, 3.63) is 35.6 Å². The highest BCUT2D eigenvalue weighted by Gasteiger charge is 2.18. The lowest BCUT2D eigenvalue weighted by molar-refractivity contribution is -0.129. The Morgan fingerprint density at radius 2 is 1.84 bits per heavy atom. The van der Waals surface area contributed by atoms with Crippen LogP contribution in [-0.2, 0) is 11.3 Å². The fourth-order valence-electron chi connectivity index (χ4n) is 1.81. The van der Waals surface area contributed by atoms with Crippen LogP contribution in [0, 0.1) is 5.82 Å². The highest BCUT2D eigenvalue weighted by Crippen LogP contribution is 2.10. The van der Waals surface area contributed by atoms with Crippen LogP contribution in [-0.4, -0.2) is 49.4 Å². The van der Waals surface area contributed by atoms with Gasteiger partial charge in [-0.15, -0.1) is 0 Å². The molecule has 0 aromatic heterocycles. The molecule has 1 aromatic carbocycles. The van der Waals surface area contributed by atoms with Crippen LogP contribution in [0.3, 0.4) is 0 Å². The molecular weight excluding hydrogens is 245 g/mol. The van der Waals surface area contributed by atoms with E-state index in [0.717, 1.165) is 5.56 Å². The first-order chi connectivity index (χ1) is 8.93. The molecule has 1 amide bonds. The Morgan fingerprint density at radius 3 is 2.32 bits per heavy atom. The van der Waals surface area contributed by atoms with Crippen LogP contribution in [0.4, 0.5) is 4.39 Å². The maximum absolute atomic E-state index is 12.8. The van der Waals surface area contributed by atoms with E-state index >= 15 is 0 Å². The van der Waals surface area contributed by atoms with Gasteiger partial charge in [-0.25, -0.2) is 4.39 Å². The van der Waals surface area contributed by atoms with Gasteiger partial charge in [-0.3, -0.25) is 9.69 Å². The van der Waals surface area contributed by atoms with E-state index in [4.69, 9.17) is 5.73 Å². The van der Waals surface area contributed by atoms with E-state index in [2.05, 4.69) is 0 Å². The van der Waals surface area contributed by atoms with Crippen LogP contribution in [0.25, 0.3) is 0 Å². The molecular formula is C14H22FN3O. The average molecular weight is 267 g/mol. The maximum atomic E-state index is 12.8. The van der Waals surface area contributed by atoms with Crippen molar-refractivity contribution in [3.63, 3.8) is 0 Å². The summed E-state index contributed by atoms with van der Waals surface area (Å²) in [5.74, 6) is -0.189. The number of nitrogens with zero attached hydrogens (tertiary/aromatic N) is 2. The molecule has 1 aromatic rings. The number of nitrogens with two attached hydrogens (primary N) is 1. The van der Waals surface area contributed by atoms with Gasteiger partial charge in [-0.05, 0) is 24.7 Å². The molecule has 1 unspecified atom stereocenters. The number of amides is 1. The van der Waals surface area contributed by atoms with Gasteiger partial charge in [0.25, 0.3) is 0 Å². The normalized spacial score (nSPS) is 12.5. The molecule has 1 rings (SSSR count). The summed E-state index contributed by atoms with van der Waals surface area (Å²) in [6.45, 7) is 1.06. The van der Waals surface area contributed by atoms with Gasteiger partial charge < -0.3 is 10.6 Å². The Kier molecular flexibility index (Phi) is 5.92. The standard InChI is InChI=1S/C14H22FN3O/c1-17(2)14(19)8-13(9-16)18(3)10-11-4-6-12(15)7-5-11/h4-7,13H,8-10,16H2,1-3H3. The SMILES string of the molecule is CN(C)C(=O)CC(CN)N(C)Cc1ccc(F)cc1. The van der Waals surface area contributed by atoms with Gasteiger partial charge in [0.15, 0.2) is 0 Å². The van der Waals surface area contributed by atoms with Crippen LogP contribution >= 0.6 is 0 Å². The topological polar surface area (TPSA) is 49.6 Å². The summed E-state index contributed by atoms with van der Waals surface area (Å²) >= 11 is 0. The number of benzene rings is 1. The predicted molar refractivity (Wildman–Crippen MR) is 74.0 cm³/mol. The van der Waals surface area contributed by atoms with Crippen LogP contribution in [0.5, 0.6) is 0 Å². The molecule has 0 saturated carbocycles. The van der Waals surface area contributed by atoms with Crippen molar-refractivity contribution in [1.29, 1.82) is 0 Å². The zero-order valence-corrected chi connectivity index (χ0v) is 11.8. The third kappa shape index (κ3) is 4.96. The number of rotatable bonds is 6. The van der Waals surface area contributed by atoms with Gasteiger partial charge in [0, 0.05) is 39.6 Å². The molecule has 19 heavy (non-hydrogen) atoms. The molecule has 0 aliphatic heterocycles. The molecule has 0 saturated heterocycles. The first-order valence-electron chi connectivity index (χ1n) is 6.29.